The molecule has 152 valence electrons. The molecule has 4 rings (SSSR count). The Morgan fingerprint density at radius 2 is 1.83 bits per heavy atom. The molecule has 0 spiro atoms. The number of rotatable bonds is 5. The van der Waals surface area contributed by atoms with E-state index in [-0.39, 0.29) is 16.0 Å². The van der Waals surface area contributed by atoms with E-state index < -0.39 is 0 Å². The lowest BCUT2D eigenvalue weighted by molar-refractivity contribution is 0.414. The van der Waals surface area contributed by atoms with Crippen molar-refractivity contribution in [2.45, 2.75) is 6.42 Å². The van der Waals surface area contributed by atoms with E-state index in [0.29, 0.717) is 22.1 Å². The summed E-state index contributed by atoms with van der Waals surface area (Å²) in [7, 11) is 1.65. The molecule has 0 amide bonds. The predicted molar refractivity (Wildman–Crippen MR) is 124 cm³/mol. The first-order valence-corrected chi connectivity index (χ1v) is 10.6. The molecule has 3 aromatic carbocycles. The Bertz CT molecular complexity index is 1250. The minimum atomic E-state index is -0.0814. The maximum atomic E-state index is 10.2. The molecule has 4 aromatic rings. The number of halogens is 2. The standard InChI is InChI=1S/C22H17Br2N3O3/c1-30-15-5-2-12(3-6-15)8-19-26-17-7-4-14(10-18(17)27-19)25-11-13-9-16(23)22(29)20(24)21(13)28/h2-7,9-11,28-29H,8H2,1H3,(H,26,27)/b25-11+. The van der Waals surface area contributed by atoms with Gasteiger partial charge in [0.05, 0.1) is 28.3 Å². The largest absolute Gasteiger partial charge is 0.506 e. The van der Waals surface area contributed by atoms with Gasteiger partial charge in [-0.05, 0) is 73.8 Å². The molecule has 6 nitrogen and oxygen atoms in total. The van der Waals surface area contributed by atoms with Crippen molar-refractivity contribution in [3.63, 3.8) is 0 Å². The zero-order chi connectivity index (χ0) is 21.3. The number of phenols is 2. The highest BCUT2D eigenvalue weighted by molar-refractivity contribution is 9.11. The number of aromatic hydroxyl groups is 2. The Labute approximate surface area is 189 Å². The number of ether oxygens (including phenoxy) is 1. The molecule has 0 aliphatic carbocycles. The average molecular weight is 531 g/mol. The lowest BCUT2D eigenvalue weighted by Crippen LogP contribution is -1.91. The van der Waals surface area contributed by atoms with Gasteiger partial charge in [0.15, 0.2) is 0 Å². The van der Waals surface area contributed by atoms with E-state index in [9.17, 15) is 10.2 Å². The smallest absolute Gasteiger partial charge is 0.147 e. The van der Waals surface area contributed by atoms with E-state index in [4.69, 9.17) is 4.74 Å². The molecule has 1 aromatic heterocycles. The van der Waals surface area contributed by atoms with Crippen LogP contribution in [-0.4, -0.2) is 33.5 Å². The highest BCUT2D eigenvalue weighted by atomic mass is 79.9. The van der Waals surface area contributed by atoms with E-state index in [2.05, 4.69) is 46.8 Å². The Hall–Kier alpha value is -2.84. The van der Waals surface area contributed by atoms with Crippen LogP contribution in [0.15, 0.2) is 62.5 Å². The first-order chi connectivity index (χ1) is 14.4. The van der Waals surface area contributed by atoms with Gasteiger partial charge in [0.2, 0.25) is 0 Å². The number of H-pyrrole nitrogens is 1. The average Bonchev–Trinajstić information content (AvgIpc) is 3.16. The summed E-state index contributed by atoms with van der Waals surface area (Å²) < 4.78 is 5.86. The van der Waals surface area contributed by atoms with Crippen molar-refractivity contribution in [1.82, 2.24) is 9.97 Å². The summed E-state index contributed by atoms with van der Waals surface area (Å²) in [5, 5.41) is 20.0. The van der Waals surface area contributed by atoms with Crippen LogP contribution in [0.2, 0.25) is 0 Å². The lowest BCUT2D eigenvalue weighted by atomic mass is 10.1. The Kier molecular flexibility index (Phi) is 5.78. The molecular formula is C22H17Br2N3O3. The van der Waals surface area contributed by atoms with E-state index >= 15 is 0 Å². The summed E-state index contributed by atoms with van der Waals surface area (Å²) in [5.41, 5.74) is 4.03. The number of fused-ring (bicyclic) bond motifs is 1. The van der Waals surface area contributed by atoms with Crippen molar-refractivity contribution < 1.29 is 14.9 Å². The second-order valence-electron chi connectivity index (χ2n) is 6.63. The molecule has 8 heteroatoms. The number of aliphatic imine (C=N–C) groups is 1. The topological polar surface area (TPSA) is 90.7 Å². The van der Waals surface area contributed by atoms with Crippen molar-refractivity contribution in [3.05, 3.63) is 74.4 Å². The fourth-order valence-electron chi connectivity index (χ4n) is 3.01. The number of benzene rings is 3. The third-order valence-corrected chi connectivity index (χ3v) is 5.95. The zero-order valence-electron chi connectivity index (χ0n) is 15.9. The van der Waals surface area contributed by atoms with Crippen molar-refractivity contribution in [3.8, 4) is 17.2 Å². The van der Waals surface area contributed by atoms with Gasteiger partial charge in [-0.1, -0.05) is 12.1 Å². The van der Waals surface area contributed by atoms with Crippen LogP contribution in [-0.2, 0) is 6.42 Å². The van der Waals surface area contributed by atoms with Gasteiger partial charge >= 0.3 is 0 Å². The third-order valence-electron chi connectivity index (χ3n) is 4.60. The van der Waals surface area contributed by atoms with Crippen LogP contribution in [0.5, 0.6) is 17.2 Å². The van der Waals surface area contributed by atoms with Gasteiger partial charge in [-0.25, -0.2) is 4.98 Å². The molecule has 0 aliphatic heterocycles. The van der Waals surface area contributed by atoms with Crippen LogP contribution in [0.3, 0.4) is 0 Å². The van der Waals surface area contributed by atoms with E-state index in [0.717, 1.165) is 28.2 Å². The zero-order valence-corrected chi connectivity index (χ0v) is 19.0. The summed E-state index contributed by atoms with van der Waals surface area (Å²) in [6, 6.07) is 15.2. The van der Waals surface area contributed by atoms with Gasteiger partial charge in [-0.2, -0.15) is 0 Å². The second-order valence-corrected chi connectivity index (χ2v) is 8.27. The maximum absolute atomic E-state index is 10.2. The predicted octanol–water partition coefficient (Wildman–Crippen LogP) is 5.85. The molecule has 0 radical (unpaired) electrons. The molecule has 30 heavy (non-hydrogen) atoms. The van der Waals surface area contributed by atoms with Crippen molar-refractivity contribution >= 4 is 54.8 Å². The van der Waals surface area contributed by atoms with Crippen LogP contribution in [0, 0.1) is 0 Å². The number of aromatic nitrogens is 2. The highest BCUT2D eigenvalue weighted by Gasteiger charge is 2.13. The number of methoxy groups -OCH3 is 1. The van der Waals surface area contributed by atoms with Gasteiger partial charge in [-0.3, -0.25) is 4.99 Å². The Morgan fingerprint density at radius 1 is 1.07 bits per heavy atom. The summed E-state index contributed by atoms with van der Waals surface area (Å²) in [6.45, 7) is 0. The monoisotopic (exact) mass is 529 g/mol. The second kappa shape index (κ2) is 8.49. The molecule has 0 atom stereocenters. The van der Waals surface area contributed by atoms with Gasteiger partial charge in [0, 0.05) is 18.2 Å². The van der Waals surface area contributed by atoms with E-state index in [1.165, 1.54) is 6.21 Å². The van der Waals surface area contributed by atoms with Crippen LogP contribution < -0.4 is 4.74 Å². The summed E-state index contributed by atoms with van der Waals surface area (Å²) >= 11 is 6.42. The molecule has 0 saturated carbocycles. The number of hydrogen-bond acceptors (Lipinski definition) is 5. The lowest BCUT2D eigenvalue weighted by Gasteiger charge is -2.06. The van der Waals surface area contributed by atoms with Gasteiger partial charge in [0.25, 0.3) is 0 Å². The van der Waals surface area contributed by atoms with Crippen molar-refractivity contribution in [2.75, 3.05) is 7.11 Å². The summed E-state index contributed by atoms with van der Waals surface area (Å²) in [4.78, 5) is 12.4. The SMILES string of the molecule is COc1ccc(Cc2nc3cc(/N=C/c4cc(Br)c(O)c(Br)c4O)ccc3[nH]2)cc1. The normalized spacial score (nSPS) is 11.4. The third kappa shape index (κ3) is 4.20. The Morgan fingerprint density at radius 3 is 2.57 bits per heavy atom. The molecule has 0 bridgehead atoms. The molecule has 0 saturated heterocycles. The number of nitrogens with zero attached hydrogens (tertiary/aromatic N) is 2. The number of aromatic amines is 1. The van der Waals surface area contributed by atoms with Gasteiger partial charge in [0.1, 0.15) is 27.5 Å². The first-order valence-electron chi connectivity index (χ1n) is 9.00. The van der Waals surface area contributed by atoms with Crippen LogP contribution in [0.4, 0.5) is 5.69 Å². The molecule has 0 fully saturated rings. The number of imidazole rings is 1. The van der Waals surface area contributed by atoms with E-state index in [1.807, 2.05) is 42.5 Å². The minimum absolute atomic E-state index is 0.0630. The highest BCUT2D eigenvalue weighted by Crippen LogP contribution is 2.40. The quantitative estimate of drug-likeness (QED) is 0.282. The van der Waals surface area contributed by atoms with E-state index in [1.54, 1.807) is 13.2 Å². The number of phenolic OH excluding ortho intramolecular Hbond substituents is 2. The fourth-order valence-corrected chi connectivity index (χ4v) is 4.16. The molecule has 0 unspecified atom stereocenters. The Balaban J connectivity index is 1.57. The van der Waals surface area contributed by atoms with Gasteiger partial charge < -0.3 is 19.9 Å². The fraction of sp³-hybridized carbons (Fsp3) is 0.0909. The number of hydrogen-bond donors (Lipinski definition) is 3. The summed E-state index contributed by atoms with van der Waals surface area (Å²) in [6.07, 6.45) is 2.22. The molecule has 0 aliphatic rings. The van der Waals surface area contributed by atoms with Crippen molar-refractivity contribution in [2.24, 2.45) is 4.99 Å². The molecule has 1 heterocycles. The van der Waals surface area contributed by atoms with Crippen LogP contribution in [0.1, 0.15) is 17.0 Å². The van der Waals surface area contributed by atoms with Crippen molar-refractivity contribution in [1.29, 1.82) is 0 Å². The number of nitrogens with one attached hydrogen (secondary N) is 1. The molecule has 3 N–H and O–H groups in total. The van der Waals surface area contributed by atoms with Gasteiger partial charge in [-0.15, -0.1) is 0 Å². The minimum Gasteiger partial charge on any atom is -0.506 e. The molecular weight excluding hydrogens is 514 g/mol. The summed E-state index contributed by atoms with van der Waals surface area (Å²) in [5.74, 6) is 1.54. The van der Waals surface area contributed by atoms with Crippen LogP contribution >= 0.6 is 31.9 Å². The van der Waals surface area contributed by atoms with Crippen LogP contribution in [0.25, 0.3) is 11.0 Å². The first kappa shape index (κ1) is 20.4. The maximum Gasteiger partial charge on any atom is 0.147 e.